The van der Waals surface area contributed by atoms with Crippen molar-refractivity contribution in [2.24, 2.45) is 0 Å². The number of benzene rings is 2. The first-order valence-corrected chi connectivity index (χ1v) is 13.4. The minimum Gasteiger partial charge on any atom is -0.872 e. The van der Waals surface area contributed by atoms with E-state index in [1.54, 1.807) is 12.1 Å². The fourth-order valence-electron chi connectivity index (χ4n) is 3.87. The number of rotatable bonds is 16. The standard InChI is InChI=1S/C26H38O5S.Na/c1-2-3-4-5-6-7-8-9-10-11-12-13-16-22-17-14-15-18-24(22)31-25-21-23(27)19-20-26(25)32(28,29)30;/h14-15,17-21,27H,2-13,16H2,1H3,(H,28,29,30);/q;+1/p-1. The molecule has 2 aromatic rings. The Bertz CT molecular complexity index is 915. The molecule has 0 aromatic heterocycles. The van der Waals surface area contributed by atoms with E-state index in [1.165, 1.54) is 64.2 Å². The van der Waals surface area contributed by atoms with Crippen LogP contribution in [0.5, 0.6) is 17.2 Å². The van der Waals surface area contributed by atoms with E-state index >= 15 is 0 Å². The van der Waals surface area contributed by atoms with Crippen LogP contribution in [0.3, 0.4) is 0 Å². The quantitative estimate of drug-likeness (QED) is 0.221. The van der Waals surface area contributed by atoms with Gasteiger partial charge in [0.25, 0.3) is 10.1 Å². The van der Waals surface area contributed by atoms with Crippen molar-refractivity contribution in [3.63, 3.8) is 0 Å². The number of hydrogen-bond donors (Lipinski definition) is 1. The predicted molar refractivity (Wildman–Crippen MR) is 127 cm³/mol. The molecule has 0 amide bonds. The zero-order valence-corrected chi connectivity index (χ0v) is 23.0. The largest absolute Gasteiger partial charge is 1.00 e. The van der Waals surface area contributed by atoms with E-state index in [0.717, 1.165) is 43.0 Å². The first-order valence-electron chi connectivity index (χ1n) is 12.0. The molecule has 0 spiro atoms. The summed E-state index contributed by atoms with van der Waals surface area (Å²) < 4.78 is 38.4. The second-order valence-electron chi connectivity index (χ2n) is 8.43. The molecule has 0 aliphatic rings. The molecule has 2 rings (SSSR count). The van der Waals surface area contributed by atoms with Gasteiger partial charge in [0.05, 0.1) is 0 Å². The average Bonchev–Trinajstić information content (AvgIpc) is 2.75. The van der Waals surface area contributed by atoms with Crippen LogP contribution in [0.1, 0.15) is 89.5 Å². The van der Waals surface area contributed by atoms with Crippen molar-refractivity contribution in [1.82, 2.24) is 0 Å². The summed E-state index contributed by atoms with van der Waals surface area (Å²) >= 11 is 0. The van der Waals surface area contributed by atoms with Crippen LogP contribution in [0.4, 0.5) is 0 Å². The van der Waals surface area contributed by atoms with Gasteiger partial charge >= 0.3 is 29.6 Å². The Hall–Kier alpha value is -1.05. The number of hydrogen-bond acceptors (Lipinski definition) is 4. The van der Waals surface area contributed by atoms with Crippen LogP contribution < -0.4 is 39.4 Å². The van der Waals surface area contributed by atoms with Crippen molar-refractivity contribution < 1.29 is 52.4 Å². The Morgan fingerprint density at radius 2 is 1.33 bits per heavy atom. The molecule has 0 atom stereocenters. The van der Waals surface area contributed by atoms with Crippen LogP contribution in [-0.2, 0) is 16.5 Å². The minimum atomic E-state index is -4.49. The monoisotopic (exact) mass is 484 g/mol. The molecule has 7 heteroatoms. The number of aryl methyl sites for hydroxylation is 1. The Balaban J connectivity index is 0.00000544. The fourth-order valence-corrected chi connectivity index (χ4v) is 4.46. The van der Waals surface area contributed by atoms with Crippen LogP contribution in [0.15, 0.2) is 47.4 Å². The van der Waals surface area contributed by atoms with Crippen LogP contribution in [0, 0.1) is 0 Å². The van der Waals surface area contributed by atoms with Gasteiger partial charge in [0.2, 0.25) is 0 Å². The van der Waals surface area contributed by atoms with Crippen LogP contribution >= 0.6 is 0 Å². The molecule has 0 saturated heterocycles. The summed E-state index contributed by atoms with van der Waals surface area (Å²) in [5.41, 5.74) is 0.956. The van der Waals surface area contributed by atoms with Gasteiger partial charge in [-0.1, -0.05) is 102 Å². The van der Waals surface area contributed by atoms with E-state index in [4.69, 9.17) is 4.74 Å². The Kier molecular flexibility index (Phi) is 15.0. The third kappa shape index (κ3) is 11.8. The predicted octanol–water partition coefficient (Wildman–Crippen LogP) is 4.05. The zero-order valence-electron chi connectivity index (χ0n) is 20.2. The first kappa shape index (κ1) is 30.0. The maximum atomic E-state index is 11.7. The van der Waals surface area contributed by atoms with Crippen molar-refractivity contribution in [1.29, 1.82) is 0 Å². The first-order chi connectivity index (χ1) is 15.4. The Morgan fingerprint density at radius 3 is 1.91 bits per heavy atom. The topological polar surface area (TPSA) is 86.7 Å². The third-order valence-electron chi connectivity index (χ3n) is 5.69. The molecule has 33 heavy (non-hydrogen) atoms. The van der Waals surface area contributed by atoms with Gasteiger partial charge in [0, 0.05) is 0 Å². The van der Waals surface area contributed by atoms with Gasteiger partial charge in [-0.3, -0.25) is 4.55 Å². The summed E-state index contributed by atoms with van der Waals surface area (Å²) in [6.07, 6.45) is 16.2. The van der Waals surface area contributed by atoms with E-state index < -0.39 is 15.0 Å². The van der Waals surface area contributed by atoms with Crippen LogP contribution in [0.25, 0.3) is 0 Å². The summed E-state index contributed by atoms with van der Waals surface area (Å²) in [7, 11) is -4.49. The molecule has 5 nitrogen and oxygen atoms in total. The van der Waals surface area contributed by atoms with Gasteiger partial charge in [-0.25, -0.2) is 0 Å². The molecule has 0 heterocycles. The maximum Gasteiger partial charge on any atom is 1.00 e. The molecule has 178 valence electrons. The molecule has 0 fully saturated rings. The normalized spacial score (nSPS) is 11.2. The van der Waals surface area contributed by atoms with E-state index in [2.05, 4.69) is 6.92 Å². The maximum absolute atomic E-state index is 11.7. The number of ether oxygens (including phenoxy) is 1. The van der Waals surface area contributed by atoms with Gasteiger partial charge in [-0.05, 0) is 36.6 Å². The van der Waals surface area contributed by atoms with Gasteiger partial charge in [0.1, 0.15) is 16.4 Å². The minimum absolute atomic E-state index is 0. The Labute approximate surface area is 222 Å². The van der Waals surface area contributed by atoms with Crippen molar-refractivity contribution in [2.75, 3.05) is 0 Å². The van der Waals surface area contributed by atoms with Crippen molar-refractivity contribution >= 4 is 10.1 Å². The summed E-state index contributed by atoms with van der Waals surface area (Å²) in [5.74, 6) is -0.0287. The smallest absolute Gasteiger partial charge is 0.872 e. The van der Waals surface area contributed by atoms with Crippen LogP contribution in [0.2, 0.25) is 0 Å². The van der Waals surface area contributed by atoms with Gasteiger partial charge < -0.3 is 9.84 Å². The third-order valence-corrected chi connectivity index (χ3v) is 6.58. The van der Waals surface area contributed by atoms with Crippen molar-refractivity contribution in [3.05, 3.63) is 48.0 Å². The average molecular weight is 485 g/mol. The van der Waals surface area contributed by atoms with Gasteiger partial charge in [0.15, 0.2) is 0 Å². The molecule has 0 saturated carbocycles. The molecule has 0 aliphatic heterocycles. The van der Waals surface area contributed by atoms with E-state index in [0.29, 0.717) is 5.75 Å². The second-order valence-corrected chi connectivity index (χ2v) is 9.82. The van der Waals surface area contributed by atoms with Crippen molar-refractivity contribution in [2.45, 2.75) is 95.3 Å². The van der Waals surface area contributed by atoms with E-state index in [1.807, 2.05) is 12.1 Å². The Morgan fingerprint density at radius 1 is 0.788 bits per heavy atom. The molecule has 1 N–H and O–H groups in total. The molecule has 0 unspecified atom stereocenters. The zero-order chi connectivity index (χ0) is 23.2. The molecule has 2 aromatic carbocycles. The summed E-state index contributed by atoms with van der Waals surface area (Å²) in [4.78, 5) is -0.405. The fraction of sp³-hybridized carbons (Fsp3) is 0.538. The summed E-state index contributed by atoms with van der Waals surface area (Å²) in [6, 6.07) is 10.7. The summed E-state index contributed by atoms with van der Waals surface area (Å²) in [5, 5.41) is 11.7. The van der Waals surface area contributed by atoms with Gasteiger partial charge in [-0.15, -0.1) is 5.75 Å². The summed E-state index contributed by atoms with van der Waals surface area (Å²) in [6.45, 7) is 2.25. The van der Waals surface area contributed by atoms with Crippen LogP contribution in [-0.4, -0.2) is 13.0 Å². The molecule has 0 bridgehead atoms. The van der Waals surface area contributed by atoms with Gasteiger partial charge in [-0.2, -0.15) is 8.42 Å². The SMILES string of the molecule is CCCCCCCCCCCCCCc1ccccc1Oc1cc([O-])ccc1S(=O)(=O)O.[Na+]. The molecular formula is C26H37NaO5S. The number of unbranched alkanes of at least 4 members (excludes halogenated alkanes) is 11. The second kappa shape index (κ2) is 16.6. The number of para-hydroxylation sites is 1. The molecule has 0 radical (unpaired) electrons. The molecular weight excluding hydrogens is 447 g/mol. The van der Waals surface area contributed by atoms with Crippen molar-refractivity contribution in [3.8, 4) is 17.2 Å². The molecule has 0 aliphatic carbocycles. The van der Waals surface area contributed by atoms with E-state index in [-0.39, 0.29) is 41.1 Å². The van der Waals surface area contributed by atoms with E-state index in [9.17, 15) is 18.1 Å².